The van der Waals surface area contributed by atoms with E-state index in [0.717, 1.165) is 23.4 Å². The van der Waals surface area contributed by atoms with Crippen LogP contribution in [0.15, 0.2) is 29.2 Å². The molecule has 0 unspecified atom stereocenters. The summed E-state index contributed by atoms with van der Waals surface area (Å²) in [5, 5.41) is 0. The van der Waals surface area contributed by atoms with E-state index in [2.05, 4.69) is 46.8 Å². The second kappa shape index (κ2) is 6.31. The van der Waals surface area contributed by atoms with Crippen LogP contribution in [0.4, 0.5) is 0 Å². The molecule has 2 rings (SSSR count). The highest BCUT2D eigenvalue weighted by molar-refractivity contribution is 5.30. The van der Waals surface area contributed by atoms with Gasteiger partial charge in [0, 0.05) is 30.2 Å². The van der Waals surface area contributed by atoms with Crippen LogP contribution in [0, 0.1) is 13.8 Å². The van der Waals surface area contributed by atoms with Gasteiger partial charge in [0.2, 0.25) is 0 Å². The van der Waals surface area contributed by atoms with Crippen LogP contribution in [0.1, 0.15) is 61.7 Å². The molecule has 23 heavy (non-hydrogen) atoms. The SMILES string of the molecule is Cc1cc(C(C)C)cc(CC(C)(C)c2cc(C)c(=O)n(C)c2)n1. The lowest BCUT2D eigenvalue weighted by Crippen LogP contribution is -2.27. The van der Waals surface area contributed by atoms with Crippen molar-refractivity contribution in [2.75, 3.05) is 0 Å². The molecule has 124 valence electrons. The van der Waals surface area contributed by atoms with Crippen LogP contribution in [-0.2, 0) is 18.9 Å². The molecular formula is C20H28N2O. The van der Waals surface area contributed by atoms with E-state index in [4.69, 9.17) is 4.98 Å². The summed E-state index contributed by atoms with van der Waals surface area (Å²) in [7, 11) is 1.82. The molecule has 0 N–H and O–H groups in total. The van der Waals surface area contributed by atoms with E-state index in [0.29, 0.717) is 5.92 Å². The molecule has 0 saturated carbocycles. The molecule has 3 nitrogen and oxygen atoms in total. The Morgan fingerprint density at radius 1 is 1.17 bits per heavy atom. The molecule has 0 aliphatic rings. The lowest BCUT2D eigenvalue weighted by atomic mass is 9.80. The smallest absolute Gasteiger partial charge is 0.253 e. The molecule has 0 aliphatic carbocycles. The third kappa shape index (κ3) is 3.90. The topological polar surface area (TPSA) is 34.9 Å². The summed E-state index contributed by atoms with van der Waals surface area (Å²) >= 11 is 0. The van der Waals surface area contributed by atoms with Crippen LogP contribution in [0.3, 0.4) is 0 Å². The minimum Gasteiger partial charge on any atom is -0.318 e. The van der Waals surface area contributed by atoms with Gasteiger partial charge in [-0.3, -0.25) is 9.78 Å². The van der Waals surface area contributed by atoms with Gasteiger partial charge in [0.25, 0.3) is 5.56 Å². The normalized spacial score (nSPS) is 12.0. The molecule has 3 heteroatoms. The van der Waals surface area contributed by atoms with E-state index in [1.165, 1.54) is 11.1 Å². The van der Waals surface area contributed by atoms with E-state index in [1.807, 2.05) is 26.2 Å². The van der Waals surface area contributed by atoms with E-state index < -0.39 is 0 Å². The molecule has 0 spiro atoms. The number of nitrogens with zero attached hydrogens (tertiary/aromatic N) is 2. The molecule has 2 aromatic rings. The first-order valence-corrected chi connectivity index (χ1v) is 8.25. The van der Waals surface area contributed by atoms with Crippen molar-refractivity contribution in [2.45, 2.75) is 59.3 Å². The Labute approximate surface area is 139 Å². The van der Waals surface area contributed by atoms with Crippen LogP contribution in [-0.4, -0.2) is 9.55 Å². The number of aryl methyl sites for hydroxylation is 3. The molecule has 0 bridgehead atoms. The van der Waals surface area contributed by atoms with Crippen molar-refractivity contribution in [1.29, 1.82) is 0 Å². The van der Waals surface area contributed by atoms with Crippen LogP contribution >= 0.6 is 0 Å². The molecule has 2 heterocycles. The molecule has 2 aromatic heterocycles. The van der Waals surface area contributed by atoms with Crippen molar-refractivity contribution in [2.24, 2.45) is 7.05 Å². The number of hydrogen-bond acceptors (Lipinski definition) is 2. The molecule has 0 radical (unpaired) electrons. The Hall–Kier alpha value is -1.90. The Balaban J connectivity index is 2.40. The highest BCUT2D eigenvalue weighted by Gasteiger charge is 2.23. The zero-order valence-electron chi connectivity index (χ0n) is 15.4. The van der Waals surface area contributed by atoms with Gasteiger partial charge in [0.15, 0.2) is 0 Å². The third-order valence-corrected chi connectivity index (χ3v) is 4.46. The summed E-state index contributed by atoms with van der Waals surface area (Å²) in [6.07, 6.45) is 2.81. The monoisotopic (exact) mass is 312 g/mol. The van der Waals surface area contributed by atoms with Gasteiger partial charge in [0.1, 0.15) is 0 Å². The van der Waals surface area contributed by atoms with Crippen molar-refractivity contribution >= 4 is 0 Å². The summed E-state index contributed by atoms with van der Waals surface area (Å²) in [5.74, 6) is 0.498. The third-order valence-electron chi connectivity index (χ3n) is 4.46. The first kappa shape index (κ1) is 17.5. The number of hydrogen-bond donors (Lipinski definition) is 0. The number of aromatic nitrogens is 2. The molecule has 0 atom stereocenters. The Morgan fingerprint density at radius 2 is 1.83 bits per heavy atom. The second-order valence-corrected chi connectivity index (χ2v) is 7.58. The predicted octanol–water partition coefficient (Wildman–Crippen LogP) is 4.04. The number of rotatable bonds is 4. The van der Waals surface area contributed by atoms with E-state index in [1.54, 1.807) is 4.57 Å². The summed E-state index contributed by atoms with van der Waals surface area (Å²) in [6.45, 7) is 12.8. The Morgan fingerprint density at radius 3 is 2.39 bits per heavy atom. The van der Waals surface area contributed by atoms with Crippen LogP contribution in [0.2, 0.25) is 0 Å². The molecule has 0 aliphatic heterocycles. The van der Waals surface area contributed by atoms with Crippen molar-refractivity contribution in [3.63, 3.8) is 0 Å². The second-order valence-electron chi connectivity index (χ2n) is 7.58. The maximum Gasteiger partial charge on any atom is 0.253 e. The fourth-order valence-corrected chi connectivity index (χ4v) is 2.99. The zero-order valence-corrected chi connectivity index (χ0v) is 15.4. The predicted molar refractivity (Wildman–Crippen MR) is 96.2 cm³/mol. The summed E-state index contributed by atoms with van der Waals surface area (Å²) in [4.78, 5) is 16.6. The lowest BCUT2D eigenvalue weighted by Gasteiger charge is -2.26. The van der Waals surface area contributed by atoms with E-state index >= 15 is 0 Å². The minimum atomic E-state index is -0.0781. The lowest BCUT2D eigenvalue weighted by molar-refractivity contribution is 0.507. The van der Waals surface area contributed by atoms with Gasteiger partial charge in [-0.1, -0.05) is 27.7 Å². The highest BCUT2D eigenvalue weighted by atomic mass is 16.1. The molecule has 0 amide bonds. The van der Waals surface area contributed by atoms with Crippen LogP contribution < -0.4 is 5.56 Å². The summed E-state index contributed by atoms with van der Waals surface area (Å²) in [5.41, 5.74) is 5.47. The maximum absolute atomic E-state index is 11.9. The maximum atomic E-state index is 11.9. The van der Waals surface area contributed by atoms with Gasteiger partial charge in [-0.05, 0) is 60.9 Å². The Bertz CT molecular complexity index is 743. The molecule has 0 aromatic carbocycles. The zero-order chi connectivity index (χ0) is 17.4. The number of pyridine rings is 2. The van der Waals surface area contributed by atoms with Crippen molar-refractivity contribution in [3.8, 4) is 0 Å². The highest BCUT2D eigenvalue weighted by Crippen LogP contribution is 2.28. The van der Waals surface area contributed by atoms with E-state index in [-0.39, 0.29) is 11.0 Å². The quantitative estimate of drug-likeness (QED) is 0.854. The van der Waals surface area contributed by atoms with Gasteiger partial charge >= 0.3 is 0 Å². The summed E-state index contributed by atoms with van der Waals surface area (Å²) < 4.78 is 1.68. The van der Waals surface area contributed by atoms with Gasteiger partial charge in [-0.25, -0.2) is 0 Å². The molecule has 0 saturated heterocycles. The van der Waals surface area contributed by atoms with Gasteiger partial charge in [0.05, 0.1) is 0 Å². The first-order chi connectivity index (χ1) is 10.6. The van der Waals surface area contributed by atoms with Gasteiger partial charge < -0.3 is 4.57 Å². The van der Waals surface area contributed by atoms with Crippen molar-refractivity contribution < 1.29 is 0 Å². The average molecular weight is 312 g/mol. The van der Waals surface area contributed by atoms with Crippen molar-refractivity contribution in [3.05, 3.63) is 62.8 Å². The fraction of sp³-hybridized carbons (Fsp3) is 0.500. The fourth-order valence-electron chi connectivity index (χ4n) is 2.99. The standard InChI is InChI=1S/C20H28N2O/c1-13(2)16-9-15(4)21-18(10-16)11-20(5,6)17-8-14(3)19(23)22(7)12-17/h8-10,12-13H,11H2,1-7H3. The van der Waals surface area contributed by atoms with Crippen LogP contribution in [0.25, 0.3) is 0 Å². The van der Waals surface area contributed by atoms with Gasteiger partial charge in [-0.2, -0.15) is 0 Å². The van der Waals surface area contributed by atoms with E-state index in [9.17, 15) is 4.79 Å². The average Bonchev–Trinajstić information content (AvgIpc) is 2.42. The summed E-state index contributed by atoms with van der Waals surface area (Å²) in [6, 6.07) is 6.40. The van der Waals surface area contributed by atoms with Crippen molar-refractivity contribution in [1.82, 2.24) is 9.55 Å². The van der Waals surface area contributed by atoms with Gasteiger partial charge in [-0.15, -0.1) is 0 Å². The molecule has 0 fully saturated rings. The minimum absolute atomic E-state index is 0.0697. The van der Waals surface area contributed by atoms with Crippen LogP contribution in [0.5, 0.6) is 0 Å². The largest absolute Gasteiger partial charge is 0.318 e. The first-order valence-electron chi connectivity index (χ1n) is 8.25. The Kier molecular flexibility index (Phi) is 4.79. The molecular weight excluding hydrogens is 284 g/mol.